The Kier molecular flexibility index (Phi) is 41.3. The molecule has 28 nitrogen and oxygen atoms in total. The molecule has 0 radical (unpaired) electrons. The van der Waals surface area contributed by atoms with Gasteiger partial charge in [0.15, 0.2) is 12.4 Å². The number of hydrogen-bond acceptors (Lipinski definition) is 25. The van der Waals surface area contributed by atoms with E-state index >= 15 is 0 Å². The molecule has 3 rings (SSSR count). The summed E-state index contributed by atoms with van der Waals surface area (Å²) in [6.45, 7) is 1.94. The molecule has 1 aliphatic heterocycles. The lowest BCUT2D eigenvalue weighted by molar-refractivity contribution is -0.337. The number of amides is 1. The van der Waals surface area contributed by atoms with Gasteiger partial charge in [0.25, 0.3) is 5.91 Å². The van der Waals surface area contributed by atoms with E-state index in [0.29, 0.717) is 19.3 Å². The summed E-state index contributed by atoms with van der Waals surface area (Å²) in [7, 11) is -11.3. The average molecular weight is 1350 g/mol. The van der Waals surface area contributed by atoms with Crippen molar-refractivity contribution in [1.29, 1.82) is 0 Å². The fraction of sp³-hybridized carbons (Fsp3) is 0.983. The normalized spacial score (nSPS) is 32.2. The standard InChI is InChI=1S/C60H117NO27P2/c1-3-5-7-9-11-13-15-17-18-19-20-21-22-23-25-27-29-31-33-35-40(63)43(65)59(78)61-38(42(64)39(62)34-32-30-28-26-24-16-14-12-10-8-6-4-2)36-83-89(79,80)88-58-54(76)50(72)49(71)53(75)57(58)86-60-55(77)45(67)44(66)41(85-60)37-84-90(81,82)87-56-51(73)47(69)46(68)48(70)52(56)74/h38-58,60,62-77H,3-37H2,1-2H3,(H,61,78)(H,79,80)(H,81,82)/t38-,39+,40+,41+,42-,43-,44+,45-,46?,47-,48+,49+,50+,51+,52+,53-,54+,55-,56?,57+,58+,60?/m0/s1. The quantitative estimate of drug-likeness (QED) is 0.0307. The van der Waals surface area contributed by atoms with Gasteiger partial charge in [-0.1, -0.05) is 213 Å². The molecule has 1 amide bonds. The molecule has 3 fully saturated rings. The molecule has 1 saturated heterocycles. The predicted molar refractivity (Wildman–Crippen MR) is 327 cm³/mol. The number of phosphoric ester groups is 2. The third kappa shape index (κ3) is 29.4. The number of ether oxygens (including phenoxy) is 2. The fourth-order valence-corrected chi connectivity index (χ4v) is 13.6. The number of carbonyl (C=O) groups is 1. The summed E-state index contributed by atoms with van der Waals surface area (Å²) < 4.78 is 57.7. The summed E-state index contributed by atoms with van der Waals surface area (Å²) >= 11 is 0. The van der Waals surface area contributed by atoms with E-state index in [9.17, 15) is 105 Å². The molecule has 30 heteroatoms. The van der Waals surface area contributed by atoms with Crippen LogP contribution < -0.4 is 5.32 Å². The van der Waals surface area contributed by atoms with E-state index in [0.717, 1.165) is 64.2 Å². The zero-order valence-electron chi connectivity index (χ0n) is 53.1. The van der Waals surface area contributed by atoms with Crippen LogP contribution in [0, 0.1) is 0 Å². The second-order valence-corrected chi connectivity index (χ2v) is 28.0. The van der Waals surface area contributed by atoms with Crippen LogP contribution in [0.2, 0.25) is 0 Å². The molecule has 0 aromatic heterocycles. The first-order chi connectivity index (χ1) is 42.7. The smallest absolute Gasteiger partial charge is 0.390 e. The Morgan fingerprint density at radius 3 is 1.14 bits per heavy atom. The Bertz CT molecular complexity index is 1960. The molecule has 0 spiro atoms. The zero-order valence-corrected chi connectivity index (χ0v) is 54.9. The van der Waals surface area contributed by atoms with Crippen molar-refractivity contribution in [2.24, 2.45) is 0 Å². The van der Waals surface area contributed by atoms with Crippen molar-refractivity contribution in [2.75, 3.05) is 13.2 Å². The van der Waals surface area contributed by atoms with Crippen molar-refractivity contribution >= 4 is 21.6 Å². The maximum absolute atomic E-state index is 13.8. The number of phosphoric acid groups is 2. The van der Waals surface area contributed by atoms with Crippen LogP contribution in [0.1, 0.15) is 226 Å². The Morgan fingerprint density at radius 2 is 0.733 bits per heavy atom. The lowest BCUT2D eigenvalue weighted by atomic mass is 9.84. The first-order valence-corrected chi connectivity index (χ1v) is 36.5. The maximum atomic E-state index is 13.8. The van der Waals surface area contributed by atoms with Crippen LogP contribution in [-0.2, 0) is 41.5 Å². The van der Waals surface area contributed by atoms with E-state index in [1.165, 1.54) is 116 Å². The molecule has 2 saturated carbocycles. The highest BCUT2D eigenvalue weighted by molar-refractivity contribution is 7.47. The minimum absolute atomic E-state index is 0.00830. The van der Waals surface area contributed by atoms with Gasteiger partial charge in [0.1, 0.15) is 104 Å². The average Bonchev–Trinajstić information content (AvgIpc) is 0.807. The van der Waals surface area contributed by atoms with Gasteiger partial charge in [-0.25, -0.2) is 9.13 Å². The molecule has 0 aromatic carbocycles. The highest BCUT2D eigenvalue weighted by Crippen LogP contribution is 2.49. The van der Waals surface area contributed by atoms with Crippen molar-refractivity contribution in [1.82, 2.24) is 5.32 Å². The van der Waals surface area contributed by atoms with Crippen molar-refractivity contribution in [3.8, 4) is 0 Å². The van der Waals surface area contributed by atoms with E-state index in [1.54, 1.807) is 0 Å². The highest BCUT2D eigenvalue weighted by atomic mass is 31.2. The van der Waals surface area contributed by atoms with Gasteiger partial charge in [-0.15, -0.1) is 0 Å². The number of nitrogens with one attached hydrogen (secondary N) is 1. The van der Waals surface area contributed by atoms with Gasteiger partial charge in [-0.05, 0) is 12.8 Å². The minimum atomic E-state index is -5.75. The fourth-order valence-electron chi connectivity index (χ4n) is 11.7. The summed E-state index contributed by atoms with van der Waals surface area (Å²) in [4.78, 5) is 35.1. The SMILES string of the molecule is CCCCCCCCCCCCCCCCCCCCC[C@@H](O)[C@H](O)C(=O)N[C@@H](COP(=O)(O)O[C@@H]1[C@H](O)[C@H](O)[C@@H](O)[C@H](O)[C@H]1OC1O[C@H](COP(=O)(O)OC2[C@H](O)[C@H](O)C(O)[C@H](O)[C@H]2O)[C@@H](O)[C@H](O)[C@@H]1O)[C@H](O)[C@H](O)CCCCCCCCCCCCCC. The van der Waals surface area contributed by atoms with Crippen LogP contribution in [0.25, 0.3) is 0 Å². The van der Waals surface area contributed by atoms with E-state index in [1.807, 2.05) is 0 Å². The van der Waals surface area contributed by atoms with Crippen LogP contribution in [0.15, 0.2) is 0 Å². The van der Waals surface area contributed by atoms with E-state index in [-0.39, 0.29) is 12.8 Å². The molecule has 5 unspecified atom stereocenters. The molecule has 19 N–H and O–H groups in total. The third-order valence-corrected chi connectivity index (χ3v) is 19.6. The molecule has 2 aliphatic carbocycles. The van der Waals surface area contributed by atoms with E-state index < -0.39 is 169 Å². The van der Waals surface area contributed by atoms with Gasteiger partial charge >= 0.3 is 15.6 Å². The van der Waals surface area contributed by atoms with Crippen molar-refractivity contribution < 1.29 is 133 Å². The summed E-state index contributed by atoms with van der Waals surface area (Å²) in [6, 6.07) is -1.81. The van der Waals surface area contributed by atoms with Gasteiger partial charge in [0.05, 0.1) is 31.5 Å². The Hall–Kier alpha value is -1.03. The van der Waals surface area contributed by atoms with E-state index in [4.69, 9.17) is 27.6 Å². The molecule has 0 bridgehead atoms. The molecule has 24 atom stereocenters. The molecule has 534 valence electrons. The lowest BCUT2D eigenvalue weighted by Crippen LogP contribution is -2.67. The Balaban J connectivity index is 1.64. The number of hydrogen-bond donors (Lipinski definition) is 19. The number of carbonyl (C=O) groups excluding carboxylic acids is 1. The summed E-state index contributed by atoms with van der Waals surface area (Å²) in [5.74, 6) is -1.24. The first kappa shape index (κ1) is 83.2. The van der Waals surface area contributed by atoms with Crippen LogP contribution in [0.3, 0.4) is 0 Å². The topological polar surface area (TPSA) is 483 Å². The predicted octanol–water partition coefficient (Wildman–Crippen LogP) is 2.30. The van der Waals surface area contributed by atoms with Gasteiger partial charge < -0.3 is 106 Å². The minimum Gasteiger partial charge on any atom is -0.390 e. The number of rotatable bonds is 50. The molecular weight excluding hydrogens is 1230 g/mol. The Morgan fingerprint density at radius 1 is 0.411 bits per heavy atom. The van der Waals surface area contributed by atoms with Crippen molar-refractivity contribution in [2.45, 2.75) is 360 Å². The molecule has 0 aromatic rings. The monoisotopic (exact) mass is 1350 g/mol. The number of aliphatic hydroxyl groups excluding tert-OH is 16. The summed E-state index contributed by atoms with van der Waals surface area (Å²) in [5, 5.41) is 173. The third-order valence-electron chi connectivity index (χ3n) is 17.6. The van der Waals surface area contributed by atoms with Crippen LogP contribution >= 0.6 is 15.6 Å². The van der Waals surface area contributed by atoms with Gasteiger partial charge in [-0.3, -0.25) is 22.9 Å². The number of aliphatic hydroxyl groups is 16. The van der Waals surface area contributed by atoms with Crippen LogP contribution in [0.5, 0.6) is 0 Å². The van der Waals surface area contributed by atoms with Crippen molar-refractivity contribution in [3.05, 3.63) is 0 Å². The second kappa shape index (κ2) is 44.7. The second-order valence-electron chi connectivity index (χ2n) is 25.2. The van der Waals surface area contributed by atoms with Gasteiger partial charge in [0.2, 0.25) is 0 Å². The molecular formula is C60H117NO27P2. The summed E-state index contributed by atoms with van der Waals surface area (Å²) in [5.41, 5.74) is 0. The lowest BCUT2D eigenvalue weighted by Gasteiger charge is -2.47. The molecule has 90 heavy (non-hydrogen) atoms. The zero-order chi connectivity index (χ0) is 67.0. The summed E-state index contributed by atoms with van der Waals surface area (Å²) in [6.07, 6.45) is -11.8. The van der Waals surface area contributed by atoms with Crippen LogP contribution in [0.4, 0.5) is 0 Å². The van der Waals surface area contributed by atoms with Crippen molar-refractivity contribution in [3.63, 3.8) is 0 Å². The maximum Gasteiger partial charge on any atom is 0.472 e. The highest BCUT2D eigenvalue weighted by Gasteiger charge is 2.56. The largest absolute Gasteiger partial charge is 0.472 e. The van der Waals surface area contributed by atoms with Gasteiger partial charge in [0, 0.05) is 0 Å². The molecule has 3 aliphatic rings. The first-order valence-electron chi connectivity index (χ1n) is 33.5. The molecule has 1 heterocycles. The van der Waals surface area contributed by atoms with E-state index in [2.05, 4.69) is 19.2 Å². The van der Waals surface area contributed by atoms with Crippen LogP contribution in [-0.4, -0.2) is 245 Å². The number of unbranched alkanes of at least 4 members (excludes halogenated alkanes) is 29. The van der Waals surface area contributed by atoms with Gasteiger partial charge in [-0.2, -0.15) is 0 Å². The Labute approximate surface area is 531 Å².